The van der Waals surface area contributed by atoms with Gasteiger partial charge in [-0.2, -0.15) is 0 Å². The molecule has 0 aromatic heterocycles. The first-order valence-corrected chi connectivity index (χ1v) is 9.58. The van der Waals surface area contributed by atoms with Crippen LogP contribution in [0.3, 0.4) is 0 Å². The van der Waals surface area contributed by atoms with E-state index >= 15 is 0 Å². The standard InChI is InChI=1S/C20H29N3O5/c1-4-28-20(26)22-12-9-16(10-13-22)23(15(2)24)14-11-19(25)21-17-7-5-6-8-18(17)27-3/h5-8,16H,4,9-14H2,1-3H3,(H,21,25). The van der Waals surface area contributed by atoms with Crippen molar-refractivity contribution in [1.29, 1.82) is 0 Å². The second-order valence-corrected chi connectivity index (χ2v) is 6.63. The highest BCUT2D eigenvalue weighted by Gasteiger charge is 2.29. The van der Waals surface area contributed by atoms with E-state index in [0.717, 1.165) is 0 Å². The number of rotatable bonds is 7. The van der Waals surface area contributed by atoms with Crippen molar-refractivity contribution in [3.05, 3.63) is 24.3 Å². The Morgan fingerprint density at radius 3 is 2.50 bits per heavy atom. The number of anilines is 1. The van der Waals surface area contributed by atoms with Gasteiger partial charge in [-0.1, -0.05) is 12.1 Å². The van der Waals surface area contributed by atoms with Gasteiger partial charge in [-0.25, -0.2) is 4.79 Å². The highest BCUT2D eigenvalue weighted by atomic mass is 16.6. The van der Waals surface area contributed by atoms with E-state index in [0.29, 0.717) is 50.5 Å². The smallest absolute Gasteiger partial charge is 0.409 e. The molecule has 0 unspecified atom stereocenters. The number of hydrogen-bond acceptors (Lipinski definition) is 5. The maximum atomic E-state index is 12.3. The van der Waals surface area contributed by atoms with Gasteiger partial charge in [0.25, 0.3) is 0 Å². The van der Waals surface area contributed by atoms with E-state index in [2.05, 4.69) is 5.32 Å². The zero-order valence-corrected chi connectivity index (χ0v) is 16.8. The molecule has 8 heteroatoms. The highest BCUT2D eigenvalue weighted by Crippen LogP contribution is 2.23. The third-order valence-corrected chi connectivity index (χ3v) is 4.80. The number of carbonyl (C=O) groups excluding carboxylic acids is 3. The lowest BCUT2D eigenvalue weighted by molar-refractivity contribution is -0.132. The SMILES string of the molecule is CCOC(=O)N1CCC(N(CCC(=O)Nc2ccccc2OC)C(C)=O)CC1. The summed E-state index contributed by atoms with van der Waals surface area (Å²) in [5, 5.41) is 2.82. The number of piperidine rings is 1. The zero-order chi connectivity index (χ0) is 20.5. The maximum absolute atomic E-state index is 12.3. The Kier molecular flexibility index (Phi) is 8.10. The molecule has 3 amide bonds. The van der Waals surface area contributed by atoms with Crippen molar-refractivity contribution in [3.8, 4) is 5.75 Å². The summed E-state index contributed by atoms with van der Waals surface area (Å²) in [5.74, 6) is 0.338. The Labute approximate surface area is 165 Å². The van der Waals surface area contributed by atoms with Crippen LogP contribution >= 0.6 is 0 Å². The summed E-state index contributed by atoms with van der Waals surface area (Å²) in [6.07, 6.45) is 1.22. The molecule has 0 aliphatic carbocycles. The number of benzene rings is 1. The molecule has 1 aliphatic heterocycles. The summed E-state index contributed by atoms with van der Waals surface area (Å²) in [4.78, 5) is 39.6. The van der Waals surface area contributed by atoms with Crippen LogP contribution in [-0.4, -0.2) is 67.1 Å². The molecular weight excluding hydrogens is 362 g/mol. The normalized spacial score (nSPS) is 14.3. The molecule has 0 saturated carbocycles. The largest absolute Gasteiger partial charge is 0.495 e. The lowest BCUT2D eigenvalue weighted by Gasteiger charge is -2.37. The quantitative estimate of drug-likeness (QED) is 0.771. The predicted molar refractivity (Wildman–Crippen MR) is 105 cm³/mol. The van der Waals surface area contributed by atoms with Gasteiger partial charge in [0.15, 0.2) is 0 Å². The summed E-state index contributed by atoms with van der Waals surface area (Å²) in [5.41, 5.74) is 0.604. The first kappa shape index (κ1) is 21.5. The van der Waals surface area contributed by atoms with Crippen molar-refractivity contribution in [1.82, 2.24) is 9.80 Å². The molecule has 0 atom stereocenters. The third-order valence-electron chi connectivity index (χ3n) is 4.80. The molecule has 2 rings (SSSR count). The Morgan fingerprint density at radius 2 is 1.89 bits per heavy atom. The van der Waals surface area contributed by atoms with Gasteiger partial charge in [0.1, 0.15) is 5.75 Å². The van der Waals surface area contributed by atoms with Crippen LogP contribution in [0.1, 0.15) is 33.1 Å². The molecule has 1 saturated heterocycles. The molecule has 28 heavy (non-hydrogen) atoms. The lowest BCUT2D eigenvalue weighted by atomic mass is 10.0. The summed E-state index contributed by atoms with van der Waals surface area (Å²) in [6.45, 7) is 5.05. The first-order chi connectivity index (χ1) is 13.5. The summed E-state index contributed by atoms with van der Waals surface area (Å²) in [6, 6.07) is 7.20. The number of likely N-dealkylation sites (tertiary alicyclic amines) is 1. The zero-order valence-electron chi connectivity index (χ0n) is 16.8. The molecule has 154 valence electrons. The predicted octanol–water partition coefficient (Wildman–Crippen LogP) is 2.49. The number of para-hydroxylation sites is 2. The van der Waals surface area contributed by atoms with Gasteiger partial charge in [-0.15, -0.1) is 0 Å². The van der Waals surface area contributed by atoms with Gasteiger partial charge in [-0.05, 0) is 31.9 Å². The molecular formula is C20H29N3O5. The van der Waals surface area contributed by atoms with Gasteiger partial charge in [0.05, 0.1) is 19.4 Å². The third kappa shape index (κ3) is 5.87. The van der Waals surface area contributed by atoms with E-state index in [1.54, 1.807) is 36.0 Å². The van der Waals surface area contributed by atoms with E-state index in [4.69, 9.17) is 9.47 Å². The first-order valence-electron chi connectivity index (χ1n) is 9.58. The fourth-order valence-electron chi connectivity index (χ4n) is 3.35. The number of carbonyl (C=O) groups is 3. The monoisotopic (exact) mass is 391 g/mol. The molecule has 8 nitrogen and oxygen atoms in total. The Balaban J connectivity index is 1.87. The van der Waals surface area contributed by atoms with Crippen LogP contribution in [0.4, 0.5) is 10.5 Å². The fraction of sp³-hybridized carbons (Fsp3) is 0.550. The molecule has 0 radical (unpaired) electrons. The van der Waals surface area contributed by atoms with Gasteiger partial charge in [0, 0.05) is 39.0 Å². The molecule has 1 aromatic rings. The fourth-order valence-corrected chi connectivity index (χ4v) is 3.35. The topological polar surface area (TPSA) is 88.2 Å². The summed E-state index contributed by atoms with van der Waals surface area (Å²) >= 11 is 0. The maximum Gasteiger partial charge on any atom is 0.409 e. The average Bonchev–Trinajstić information content (AvgIpc) is 2.69. The van der Waals surface area contributed by atoms with Crippen LogP contribution in [0.5, 0.6) is 5.75 Å². The van der Waals surface area contributed by atoms with Crippen molar-refractivity contribution in [2.45, 2.75) is 39.2 Å². The van der Waals surface area contributed by atoms with Gasteiger partial charge < -0.3 is 24.6 Å². The van der Waals surface area contributed by atoms with E-state index in [9.17, 15) is 14.4 Å². The molecule has 0 spiro atoms. The van der Waals surface area contributed by atoms with E-state index in [1.807, 2.05) is 12.1 Å². The molecule has 0 bridgehead atoms. The summed E-state index contributed by atoms with van der Waals surface area (Å²) < 4.78 is 10.3. The van der Waals surface area contributed by atoms with Crippen LogP contribution in [0.25, 0.3) is 0 Å². The summed E-state index contributed by atoms with van der Waals surface area (Å²) in [7, 11) is 1.55. The minimum absolute atomic E-state index is 0.0160. The number of hydrogen-bond donors (Lipinski definition) is 1. The van der Waals surface area contributed by atoms with Gasteiger partial charge in [-0.3, -0.25) is 9.59 Å². The number of amides is 3. The van der Waals surface area contributed by atoms with E-state index < -0.39 is 0 Å². The van der Waals surface area contributed by atoms with Crippen LogP contribution in [0, 0.1) is 0 Å². The molecule has 1 fully saturated rings. The van der Waals surface area contributed by atoms with E-state index in [1.165, 1.54) is 6.92 Å². The van der Waals surface area contributed by atoms with Crippen molar-refractivity contribution in [2.24, 2.45) is 0 Å². The average molecular weight is 391 g/mol. The molecule has 1 heterocycles. The van der Waals surface area contributed by atoms with Gasteiger partial charge >= 0.3 is 6.09 Å². The van der Waals surface area contributed by atoms with Crippen LogP contribution < -0.4 is 10.1 Å². The molecule has 1 aliphatic rings. The van der Waals surface area contributed by atoms with Crippen molar-refractivity contribution >= 4 is 23.6 Å². The van der Waals surface area contributed by atoms with Crippen molar-refractivity contribution in [3.63, 3.8) is 0 Å². The van der Waals surface area contributed by atoms with Crippen LogP contribution in [-0.2, 0) is 14.3 Å². The Hall–Kier alpha value is -2.77. The Morgan fingerprint density at radius 1 is 1.21 bits per heavy atom. The second kappa shape index (κ2) is 10.5. The number of methoxy groups -OCH3 is 1. The number of nitrogens with one attached hydrogen (secondary N) is 1. The van der Waals surface area contributed by atoms with Crippen molar-refractivity contribution < 1.29 is 23.9 Å². The second-order valence-electron chi connectivity index (χ2n) is 6.63. The molecule has 1 N–H and O–H groups in total. The van der Waals surface area contributed by atoms with Gasteiger partial charge in [0.2, 0.25) is 11.8 Å². The Bertz CT molecular complexity index is 686. The molecule has 1 aromatic carbocycles. The van der Waals surface area contributed by atoms with Crippen LogP contribution in [0.2, 0.25) is 0 Å². The number of nitrogens with zero attached hydrogens (tertiary/aromatic N) is 2. The van der Waals surface area contributed by atoms with E-state index in [-0.39, 0.29) is 30.4 Å². The highest BCUT2D eigenvalue weighted by molar-refractivity contribution is 5.92. The number of ether oxygens (including phenoxy) is 2. The minimum atomic E-state index is -0.313. The van der Waals surface area contributed by atoms with Crippen LogP contribution in [0.15, 0.2) is 24.3 Å². The lowest BCUT2D eigenvalue weighted by Crippen LogP contribution is -2.49. The van der Waals surface area contributed by atoms with Crippen molar-refractivity contribution in [2.75, 3.05) is 38.7 Å². The minimum Gasteiger partial charge on any atom is -0.495 e.